The Bertz CT molecular complexity index is 440. The van der Waals surface area contributed by atoms with Crippen LogP contribution in [-0.2, 0) is 6.54 Å². The predicted molar refractivity (Wildman–Crippen MR) is 67.8 cm³/mol. The maximum atomic E-state index is 5.69. The Balaban J connectivity index is 1.85. The van der Waals surface area contributed by atoms with Crippen LogP contribution in [0.5, 0.6) is 0 Å². The van der Waals surface area contributed by atoms with Crippen molar-refractivity contribution in [2.75, 3.05) is 11.2 Å². The summed E-state index contributed by atoms with van der Waals surface area (Å²) in [7, 11) is 0. The molecule has 0 amide bonds. The number of hydrogen-bond donors (Lipinski definition) is 3. The van der Waals surface area contributed by atoms with Gasteiger partial charge in [-0.25, -0.2) is 5.43 Å². The Kier molecular flexibility index (Phi) is 3.41. The monoisotopic (exact) mass is 213 g/mol. The fourth-order valence-corrected chi connectivity index (χ4v) is 1.47. The zero-order valence-electron chi connectivity index (χ0n) is 8.98. The minimum atomic E-state index is 0.736. The highest BCUT2D eigenvalue weighted by Gasteiger charge is 1.93. The molecule has 0 aliphatic carbocycles. The number of hydrazine groups is 1. The molecule has 0 aliphatic rings. The van der Waals surface area contributed by atoms with Gasteiger partial charge in [-0.15, -0.1) is 0 Å². The van der Waals surface area contributed by atoms with Crippen molar-refractivity contribution in [3.05, 3.63) is 60.2 Å². The standard InChI is InChI=1S/C13H15N3/c14-12-6-4-5-11(9-12)10-15-16-13-7-2-1-3-8-13/h1-9,15-16H,10,14H2. The quantitative estimate of drug-likeness (QED) is 0.540. The van der Waals surface area contributed by atoms with Crippen molar-refractivity contribution >= 4 is 11.4 Å². The highest BCUT2D eigenvalue weighted by Crippen LogP contribution is 2.07. The van der Waals surface area contributed by atoms with Crippen LogP contribution in [0.2, 0.25) is 0 Å². The predicted octanol–water partition coefficient (Wildman–Crippen LogP) is 2.39. The fraction of sp³-hybridized carbons (Fsp3) is 0.0769. The van der Waals surface area contributed by atoms with Crippen LogP contribution in [0.4, 0.5) is 11.4 Å². The summed E-state index contributed by atoms with van der Waals surface area (Å²) < 4.78 is 0. The van der Waals surface area contributed by atoms with Crippen LogP contribution < -0.4 is 16.6 Å². The normalized spacial score (nSPS) is 10.0. The third-order valence-corrected chi connectivity index (χ3v) is 2.25. The first-order chi connectivity index (χ1) is 7.84. The van der Waals surface area contributed by atoms with Gasteiger partial charge in [0, 0.05) is 17.9 Å². The summed E-state index contributed by atoms with van der Waals surface area (Å²) in [6.07, 6.45) is 0. The molecule has 4 N–H and O–H groups in total. The minimum absolute atomic E-state index is 0.736. The second-order valence-corrected chi connectivity index (χ2v) is 3.59. The summed E-state index contributed by atoms with van der Waals surface area (Å²) in [5.41, 5.74) is 14.9. The maximum Gasteiger partial charge on any atom is 0.0487 e. The van der Waals surface area contributed by atoms with E-state index in [0.29, 0.717) is 0 Å². The van der Waals surface area contributed by atoms with Gasteiger partial charge < -0.3 is 11.2 Å². The first-order valence-corrected chi connectivity index (χ1v) is 5.23. The van der Waals surface area contributed by atoms with Gasteiger partial charge in [0.2, 0.25) is 0 Å². The highest BCUT2D eigenvalue weighted by molar-refractivity contribution is 5.42. The third-order valence-electron chi connectivity index (χ3n) is 2.25. The molecule has 0 saturated carbocycles. The van der Waals surface area contributed by atoms with Crippen molar-refractivity contribution in [3.8, 4) is 0 Å². The molecule has 2 rings (SSSR count). The van der Waals surface area contributed by atoms with E-state index in [9.17, 15) is 0 Å². The van der Waals surface area contributed by atoms with Crippen molar-refractivity contribution in [2.45, 2.75) is 6.54 Å². The molecule has 0 saturated heterocycles. The van der Waals surface area contributed by atoms with Crippen molar-refractivity contribution in [3.63, 3.8) is 0 Å². The van der Waals surface area contributed by atoms with Crippen LogP contribution in [0.1, 0.15) is 5.56 Å². The molecule has 3 heteroatoms. The molecule has 3 nitrogen and oxygen atoms in total. The van der Waals surface area contributed by atoms with Gasteiger partial charge in [-0.2, -0.15) is 0 Å². The largest absolute Gasteiger partial charge is 0.399 e. The average Bonchev–Trinajstić information content (AvgIpc) is 2.30. The van der Waals surface area contributed by atoms with E-state index in [1.165, 1.54) is 0 Å². The van der Waals surface area contributed by atoms with Crippen molar-refractivity contribution < 1.29 is 0 Å². The van der Waals surface area contributed by atoms with Gasteiger partial charge >= 0.3 is 0 Å². The number of benzene rings is 2. The molecule has 0 radical (unpaired) electrons. The highest BCUT2D eigenvalue weighted by atomic mass is 15.3. The summed E-state index contributed by atoms with van der Waals surface area (Å²) in [5, 5.41) is 0. The van der Waals surface area contributed by atoms with Crippen LogP contribution in [0, 0.1) is 0 Å². The number of rotatable bonds is 4. The number of anilines is 2. The van der Waals surface area contributed by atoms with E-state index in [4.69, 9.17) is 5.73 Å². The molecule has 0 aromatic heterocycles. The zero-order valence-corrected chi connectivity index (χ0v) is 8.98. The number of nitrogen functional groups attached to an aromatic ring is 1. The van der Waals surface area contributed by atoms with Gasteiger partial charge in [-0.05, 0) is 29.8 Å². The van der Waals surface area contributed by atoms with Crippen LogP contribution in [0.15, 0.2) is 54.6 Å². The summed E-state index contributed by atoms with van der Waals surface area (Å²) in [4.78, 5) is 0. The fourth-order valence-electron chi connectivity index (χ4n) is 1.47. The Labute approximate surface area is 95.3 Å². The first kappa shape index (κ1) is 10.5. The summed E-state index contributed by atoms with van der Waals surface area (Å²) in [5.74, 6) is 0. The summed E-state index contributed by atoms with van der Waals surface area (Å²) in [6, 6.07) is 17.8. The summed E-state index contributed by atoms with van der Waals surface area (Å²) in [6.45, 7) is 0.736. The van der Waals surface area contributed by atoms with E-state index in [2.05, 4.69) is 10.9 Å². The molecule has 82 valence electrons. The lowest BCUT2D eigenvalue weighted by Gasteiger charge is -2.08. The van der Waals surface area contributed by atoms with E-state index >= 15 is 0 Å². The second kappa shape index (κ2) is 5.19. The summed E-state index contributed by atoms with van der Waals surface area (Å²) >= 11 is 0. The second-order valence-electron chi connectivity index (χ2n) is 3.59. The van der Waals surface area contributed by atoms with Gasteiger partial charge in [0.15, 0.2) is 0 Å². The number of nitrogens with one attached hydrogen (secondary N) is 2. The van der Waals surface area contributed by atoms with Gasteiger partial charge in [-0.3, -0.25) is 0 Å². The van der Waals surface area contributed by atoms with Gasteiger partial charge in [0.25, 0.3) is 0 Å². The molecule has 0 aliphatic heterocycles. The molecule has 0 unspecified atom stereocenters. The Morgan fingerprint density at radius 3 is 2.50 bits per heavy atom. The SMILES string of the molecule is Nc1cccc(CNNc2ccccc2)c1. The lowest BCUT2D eigenvalue weighted by Crippen LogP contribution is -2.20. The van der Waals surface area contributed by atoms with Crippen LogP contribution in [-0.4, -0.2) is 0 Å². The molecule has 2 aromatic carbocycles. The van der Waals surface area contributed by atoms with Crippen molar-refractivity contribution in [2.24, 2.45) is 0 Å². The molecule has 2 aromatic rings. The van der Waals surface area contributed by atoms with Crippen molar-refractivity contribution in [1.29, 1.82) is 0 Å². The topological polar surface area (TPSA) is 50.1 Å². The van der Waals surface area contributed by atoms with Gasteiger partial charge in [0.1, 0.15) is 0 Å². The van der Waals surface area contributed by atoms with Crippen LogP contribution >= 0.6 is 0 Å². The molecule has 0 spiro atoms. The zero-order chi connectivity index (χ0) is 11.2. The Morgan fingerprint density at radius 2 is 1.75 bits per heavy atom. The molecular weight excluding hydrogens is 198 g/mol. The molecule has 0 fully saturated rings. The van der Waals surface area contributed by atoms with Gasteiger partial charge in [-0.1, -0.05) is 30.3 Å². The molecule has 0 atom stereocenters. The first-order valence-electron chi connectivity index (χ1n) is 5.23. The van der Waals surface area contributed by atoms with E-state index in [1.807, 2.05) is 54.6 Å². The van der Waals surface area contributed by atoms with E-state index in [0.717, 1.165) is 23.5 Å². The van der Waals surface area contributed by atoms with Gasteiger partial charge in [0.05, 0.1) is 0 Å². The number of para-hydroxylation sites is 1. The van der Waals surface area contributed by atoms with Crippen LogP contribution in [0.25, 0.3) is 0 Å². The number of nitrogens with two attached hydrogens (primary N) is 1. The van der Waals surface area contributed by atoms with E-state index in [-0.39, 0.29) is 0 Å². The maximum absolute atomic E-state index is 5.69. The van der Waals surface area contributed by atoms with Crippen molar-refractivity contribution in [1.82, 2.24) is 5.43 Å². The molecular formula is C13H15N3. The third kappa shape index (κ3) is 3.00. The smallest absolute Gasteiger partial charge is 0.0487 e. The Hall–Kier alpha value is -2.00. The minimum Gasteiger partial charge on any atom is -0.399 e. The van der Waals surface area contributed by atoms with Crippen LogP contribution in [0.3, 0.4) is 0 Å². The molecule has 0 bridgehead atoms. The average molecular weight is 213 g/mol. The lowest BCUT2D eigenvalue weighted by molar-refractivity contribution is 0.802. The van der Waals surface area contributed by atoms with E-state index < -0.39 is 0 Å². The molecule has 0 heterocycles. The molecule has 16 heavy (non-hydrogen) atoms. The Morgan fingerprint density at radius 1 is 0.938 bits per heavy atom. The number of hydrogen-bond acceptors (Lipinski definition) is 3. The lowest BCUT2D eigenvalue weighted by atomic mass is 10.2. The van der Waals surface area contributed by atoms with E-state index in [1.54, 1.807) is 0 Å².